The summed E-state index contributed by atoms with van der Waals surface area (Å²) in [5, 5.41) is 3.63. The van der Waals surface area contributed by atoms with Crippen LogP contribution in [0.3, 0.4) is 0 Å². The quantitative estimate of drug-likeness (QED) is 0.688. The third kappa shape index (κ3) is 1.66. The Morgan fingerprint density at radius 1 is 1.69 bits per heavy atom. The first-order chi connectivity index (χ1) is 6.29. The Labute approximate surface area is 79.9 Å². The van der Waals surface area contributed by atoms with Crippen molar-refractivity contribution in [2.75, 3.05) is 11.1 Å². The molecule has 0 aliphatic carbocycles. The van der Waals surface area contributed by atoms with Gasteiger partial charge in [-0.1, -0.05) is 11.8 Å². The first kappa shape index (κ1) is 8.52. The molecule has 13 heavy (non-hydrogen) atoms. The number of nitrogens with two attached hydrogens (primary N) is 1. The van der Waals surface area contributed by atoms with Crippen LogP contribution in [0.25, 0.3) is 0 Å². The van der Waals surface area contributed by atoms with Crippen LogP contribution in [-0.2, 0) is 11.3 Å². The van der Waals surface area contributed by atoms with E-state index >= 15 is 0 Å². The molecule has 0 bridgehead atoms. The van der Waals surface area contributed by atoms with Gasteiger partial charge in [-0.3, -0.25) is 4.79 Å². The summed E-state index contributed by atoms with van der Waals surface area (Å²) < 4.78 is 0. The average Bonchev–Trinajstić information content (AvgIpc) is 2.16. The molecular formula is C8H9N3OS. The molecule has 4 nitrogen and oxygen atoms in total. The van der Waals surface area contributed by atoms with E-state index in [2.05, 4.69) is 10.3 Å². The second-order valence-electron chi connectivity index (χ2n) is 2.74. The van der Waals surface area contributed by atoms with Gasteiger partial charge >= 0.3 is 0 Å². The smallest absolute Gasteiger partial charge is 0.234 e. The molecule has 1 aromatic heterocycles. The Morgan fingerprint density at radius 2 is 2.54 bits per heavy atom. The summed E-state index contributed by atoms with van der Waals surface area (Å²) in [4.78, 5) is 15.2. The van der Waals surface area contributed by atoms with Crippen molar-refractivity contribution in [2.24, 2.45) is 5.73 Å². The largest absolute Gasteiger partial charge is 0.326 e. The number of fused-ring (bicyclic) bond motifs is 1. The third-order valence-corrected chi connectivity index (χ3v) is 2.76. The van der Waals surface area contributed by atoms with Crippen molar-refractivity contribution in [2.45, 2.75) is 11.6 Å². The van der Waals surface area contributed by atoms with Gasteiger partial charge in [-0.05, 0) is 11.6 Å². The van der Waals surface area contributed by atoms with E-state index in [0.717, 1.165) is 16.3 Å². The van der Waals surface area contributed by atoms with Gasteiger partial charge in [0.2, 0.25) is 5.91 Å². The molecule has 3 N–H and O–H groups in total. The van der Waals surface area contributed by atoms with E-state index in [0.29, 0.717) is 12.3 Å². The Kier molecular flexibility index (Phi) is 2.20. The van der Waals surface area contributed by atoms with Crippen LogP contribution in [0.1, 0.15) is 5.56 Å². The highest BCUT2D eigenvalue weighted by Crippen LogP contribution is 2.29. The van der Waals surface area contributed by atoms with Crippen LogP contribution in [0.4, 0.5) is 5.69 Å². The molecule has 0 atom stereocenters. The molecule has 1 aromatic rings. The monoisotopic (exact) mass is 195 g/mol. The average molecular weight is 195 g/mol. The highest BCUT2D eigenvalue weighted by Gasteiger charge is 2.16. The maximum Gasteiger partial charge on any atom is 0.234 e. The van der Waals surface area contributed by atoms with Crippen LogP contribution in [0.5, 0.6) is 0 Å². The van der Waals surface area contributed by atoms with Crippen LogP contribution in [-0.4, -0.2) is 16.6 Å². The molecule has 1 aliphatic heterocycles. The van der Waals surface area contributed by atoms with E-state index in [1.165, 1.54) is 11.8 Å². The van der Waals surface area contributed by atoms with Gasteiger partial charge in [-0.2, -0.15) is 0 Å². The van der Waals surface area contributed by atoms with Gasteiger partial charge in [0.15, 0.2) is 0 Å². The normalized spacial score (nSPS) is 15.0. The number of hydrogen-bond donors (Lipinski definition) is 2. The molecule has 0 radical (unpaired) electrons. The maximum atomic E-state index is 11.0. The summed E-state index contributed by atoms with van der Waals surface area (Å²) in [6.07, 6.45) is 1.74. The van der Waals surface area contributed by atoms with E-state index in [1.807, 2.05) is 6.07 Å². The maximum absolute atomic E-state index is 11.0. The van der Waals surface area contributed by atoms with E-state index < -0.39 is 0 Å². The Morgan fingerprint density at radius 3 is 3.31 bits per heavy atom. The number of carbonyl (C=O) groups is 1. The third-order valence-electron chi connectivity index (χ3n) is 1.76. The molecule has 0 unspecified atom stereocenters. The van der Waals surface area contributed by atoms with Gasteiger partial charge in [-0.25, -0.2) is 4.98 Å². The standard InChI is InChI=1S/C8H9N3OS/c9-2-5-1-6-8(10-3-5)13-4-7(12)11-6/h1,3H,2,4,9H2,(H,11,12). The number of amides is 1. The van der Waals surface area contributed by atoms with Crippen molar-refractivity contribution in [3.8, 4) is 0 Å². The van der Waals surface area contributed by atoms with Crippen molar-refractivity contribution in [3.05, 3.63) is 17.8 Å². The van der Waals surface area contributed by atoms with Crippen LogP contribution in [0, 0.1) is 0 Å². The molecule has 2 rings (SSSR count). The van der Waals surface area contributed by atoms with Crippen molar-refractivity contribution in [3.63, 3.8) is 0 Å². The molecule has 0 fully saturated rings. The van der Waals surface area contributed by atoms with Crippen LogP contribution < -0.4 is 11.1 Å². The molecule has 2 heterocycles. The van der Waals surface area contributed by atoms with Crippen molar-refractivity contribution in [1.82, 2.24) is 4.98 Å². The lowest BCUT2D eigenvalue weighted by Crippen LogP contribution is -2.19. The molecule has 5 heteroatoms. The Hall–Kier alpha value is -1.07. The van der Waals surface area contributed by atoms with Gasteiger partial charge in [0.1, 0.15) is 5.03 Å². The van der Waals surface area contributed by atoms with Crippen LogP contribution in [0.2, 0.25) is 0 Å². The number of nitrogens with zero attached hydrogens (tertiary/aromatic N) is 1. The minimum atomic E-state index is 0.0217. The van der Waals surface area contributed by atoms with Gasteiger partial charge in [-0.15, -0.1) is 0 Å². The number of hydrogen-bond acceptors (Lipinski definition) is 4. The minimum Gasteiger partial charge on any atom is -0.326 e. The summed E-state index contributed by atoms with van der Waals surface area (Å²) in [5.74, 6) is 0.468. The second-order valence-corrected chi connectivity index (χ2v) is 3.70. The fourth-order valence-corrected chi connectivity index (χ4v) is 1.86. The molecule has 0 saturated carbocycles. The molecule has 0 spiro atoms. The number of anilines is 1. The predicted octanol–water partition coefficient (Wildman–Crippen LogP) is 0.584. The van der Waals surface area contributed by atoms with E-state index in [9.17, 15) is 4.79 Å². The summed E-state index contributed by atoms with van der Waals surface area (Å²) in [7, 11) is 0. The van der Waals surface area contributed by atoms with Crippen LogP contribution >= 0.6 is 11.8 Å². The summed E-state index contributed by atoms with van der Waals surface area (Å²) in [5.41, 5.74) is 7.17. The second kappa shape index (κ2) is 3.35. The number of rotatable bonds is 1. The fourth-order valence-electron chi connectivity index (χ4n) is 1.13. The fraction of sp³-hybridized carbons (Fsp3) is 0.250. The van der Waals surface area contributed by atoms with Crippen LogP contribution in [0.15, 0.2) is 17.3 Å². The lowest BCUT2D eigenvalue weighted by molar-refractivity contribution is -0.113. The Balaban J connectivity index is 2.38. The van der Waals surface area contributed by atoms with Gasteiger partial charge in [0.05, 0.1) is 11.4 Å². The minimum absolute atomic E-state index is 0.0217. The van der Waals surface area contributed by atoms with Crippen molar-refractivity contribution in [1.29, 1.82) is 0 Å². The zero-order valence-electron chi connectivity index (χ0n) is 6.91. The van der Waals surface area contributed by atoms with Crippen molar-refractivity contribution < 1.29 is 4.79 Å². The lowest BCUT2D eigenvalue weighted by Gasteiger charge is -2.15. The molecule has 0 saturated heterocycles. The number of aromatic nitrogens is 1. The molecule has 68 valence electrons. The number of thioether (sulfide) groups is 1. The topological polar surface area (TPSA) is 68.0 Å². The van der Waals surface area contributed by atoms with E-state index in [4.69, 9.17) is 5.73 Å². The predicted molar refractivity (Wildman–Crippen MR) is 51.5 cm³/mol. The summed E-state index contributed by atoms with van der Waals surface area (Å²) in [6.45, 7) is 0.445. The SMILES string of the molecule is NCc1cnc2c(c1)NC(=O)CS2. The van der Waals surface area contributed by atoms with Gasteiger partial charge in [0.25, 0.3) is 0 Å². The van der Waals surface area contributed by atoms with Gasteiger partial charge < -0.3 is 11.1 Å². The number of nitrogens with one attached hydrogen (secondary N) is 1. The zero-order chi connectivity index (χ0) is 9.26. The molecule has 0 aromatic carbocycles. The molecule has 1 aliphatic rings. The van der Waals surface area contributed by atoms with E-state index in [1.54, 1.807) is 6.20 Å². The van der Waals surface area contributed by atoms with Gasteiger partial charge in [0, 0.05) is 12.7 Å². The number of pyridine rings is 1. The first-order valence-electron chi connectivity index (χ1n) is 3.91. The lowest BCUT2D eigenvalue weighted by atomic mass is 10.2. The highest BCUT2D eigenvalue weighted by molar-refractivity contribution is 8.00. The Bertz CT molecular complexity index is 353. The molecular weight excluding hydrogens is 186 g/mol. The summed E-state index contributed by atoms with van der Waals surface area (Å²) in [6, 6.07) is 1.87. The number of carbonyl (C=O) groups excluding carboxylic acids is 1. The van der Waals surface area contributed by atoms with E-state index in [-0.39, 0.29) is 5.91 Å². The molecule has 1 amide bonds. The van der Waals surface area contributed by atoms with Crippen molar-refractivity contribution >= 4 is 23.4 Å². The highest BCUT2D eigenvalue weighted by atomic mass is 32.2. The first-order valence-corrected chi connectivity index (χ1v) is 4.90. The zero-order valence-corrected chi connectivity index (χ0v) is 7.73. The summed E-state index contributed by atoms with van der Waals surface area (Å²) >= 11 is 1.45.